The van der Waals surface area contributed by atoms with Crippen molar-refractivity contribution < 1.29 is 31.1 Å². The van der Waals surface area contributed by atoms with Crippen LogP contribution in [-0.4, -0.2) is 44.4 Å². The van der Waals surface area contributed by atoms with Crippen molar-refractivity contribution in [3.05, 3.63) is 0 Å². The van der Waals surface area contributed by atoms with Crippen molar-refractivity contribution in [1.29, 1.82) is 0 Å². The van der Waals surface area contributed by atoms with Gasteiger partial charge < -0.3 is 26.3 Å². The van der Waals surface area contributed by atoms with Crippen molar-refractivity contribution in [3.8, 4) is 0 Å². The zero-order chi connectivity index (χ0) is 20.3. The lowest BCUT2D eigenvalue weighted by Crippen LogP contribution is -2.58. The van der Waals surface area contributed by atoms with E-state index in [1.165, 1.54) is 19.3 Å². The van der Waals surface area contributed by atoms with E-state index in [1.807, 2.05) is 0 Å². The predicted molar refractivity (Wildman–Crippen MR) is 116 cm³/mol. The van der Waals surface area contributed by atoms with Crippen molar-refractivity contribution in [3.63, 3.8) is 0 Å². The molecule has 0 aromatic rings. The normalized spacial score (nSPS) is 48.2. The molecule has 0 aromatic heterocycles. The van der Waals surface area contributed by atoms with Crippen LogP contribution in [0.2, 0.25) is 0 Å². The Hall–Kier alpha value is -0.690. The third-order valence-electron chi connectivity index (χ3n) is 10.3. The van der Waals surface area contributed by atoms with Gasteiger partial charge in [-0.15, -0.1) is 0 Å². The highest BCUT2D eigenvalue weighted by Crippen LogP contribution is 2.68. The highest BCUT2D eigenvalue weighted by molar-refractivity contribution is 5.66. The topological polar surface area (TPSA) is 141 Å². The van der Waals surface area contributed by atoms with Gasteiger partial charge in [-0.2, -0.15) is 0 Å². The van der Waals surface area contributed by atoms with Crippen molar-refractivity contribution in [2.75, 3.05) is 0 Å². The Kier molecular flexibility index (Phi) is 7.71. The molecule has 4 saturated carbocycles. The molecule has 0 saturated heterocycles. The number of aliphatic hydroxyl groups is 2. The second-order valence-corrected chi connectivity index (χ2v) is 11.3. The number of aliphatic hydroxyl groups excluding tert-OH is 2. The number of carboxylic acid groups (broad SMARTS) is 1. The monoisotopic (exact) mass is 428 g/mol. The van der Waals surface area contributed by atoms with Crippen molar-refractivity contribution in [1.82, 2.24) is 0 Å². The number of carbonyl (C=O) groups is 1. The fraction of sp³-hybridized carbons (Fsp3) is 0.958. The van der Waals surface area contributed by atoms with Gasteiger partial charge in [0.25, 0.3) is 0 Å². The molecular weight excluding hydrogens is 384 g/mol. The van der Waals surface area contributed by atoms with Gasteiger partial charge in [-0.05, 0) is 104 Å². The number of rotatable bonds is 4. The van der Waals surface area contributed by atoms with Crippen molar-refractivity contribution in [2.24, 2.45) is 46.3 Å². The molecule has 4 rings (SSSR count). The van der Waals surface area contributed by atoms with Crippen LogP contribution in [0.15, 0.2) is 0 Å². The van der Waals surface area contributed by atoms with Gasteiger partial charge in [0.1, 0.15) is 0 Å². The van der Waals surface area contributed by atoms with Crippen LogP contribution < -0.4 is 0 Å². The molecule has 6 heteroatoms. The highest BCUT2D eigenvalue weighted by atomic mass is 16.4. The summed E-state index contributed by atoms with van der Waals surface area (Å²) in [6, 6.07) is 0. The summed E-state index contributed by atoms with van der Waals surface area (Å²) in [6.07, 6.45) is 9.26. The molecule has 30 heavy (non-hydrogen) atoms. The summed E-state index contributed by atoms with van der Waals surface area (Å²) in [5.74, 6) is 2.55. The molecule has 0 radical (unpaired) electrons. The standard InChI is InChI=1S/C24H40O4.2H2O/c1-14(4-9-22(27)28)18-7-8-19-17-6-5-15-12-16(25)10-11-23(15,2)20(17)13-21(26)24(18,19)3;;/h14-21,25-26H,4-13H2,1-3H3,(H,27,28);2*1H2/t14-,15-,16-,17+,18-,19+,20+,21+,23+,24-;;/m1../s1. The molecular formula is C24H44O6. The Morgan fingerprint density at radius 1 is 1.00 bits per heavy atom. The molecule has 0 heterocycles. The average Bonchev–Trinajstić information content (AvgIpc) is 3.00. The van der Waals surface area contributed by atoms with Crippen LogP contribution in [0.1, 0.15) is 85.0 Å². The summed E-state index contributed by atoms with van der Waals surface area (Å²) in [5.41, 5.74) is 0.216. The van der Waals surface area contributed by atoms with Crippen LogP contribution in [-0.2, 0) is 4.79 Å². The SMILES string of the molecule is C[C@H](CCC(=O)O)[C@H]1CC[C@H]2[C@@H]3CC[C@@H]4C[C@H](O)CC[C@]4(C)[C@H]3C[C@H](O)[C@]12C.O.O. The van der Waals surface area contributed by atoms with Crippen LogP contribution in [0.5, 0.6) is 0 Å². The molecule has 7 N–H and O–H groups in total. The maximum atomic E-state index is 11.5. The molecule has 10 atom stereocenters. The fourth-order valence-corrected chi connectivity index (χ4v) is 8.71. The number of carboxylic acids is 1. The number of hydrogen-bond donors (Lipinski definition) is 3. The van der Waals surface area contributed by atoms with E-state index in [4.69, 9.17) is 5.11 Å². The molecule has 176 valence electrons. The zero-order valence-electron chi connectivity index (χ0n) is 18.9. The van der Waals surface area contributed by atoms with Crippen molar-refractivity contribution >= 4 is 5.97 Å². The molecule has 0 aromatic carbocycles. The summed E-state index contributed by atoms with van der Waals surface area (Å²) in [5, 5.41) is 30.8. The first-order chi connectivity index (χ1) is 13.2. The smallest absolute Gasteiger partial charge is 0.303 e. The van der Waals surface area contributed by atoms with Gasteiger partial charge in [-0.3, -0.25) is 4.79 Å². The van der Waals surface area contributed by atoms with E-state index in [0.717, 1.165) is 38.5 Å². The summed E-state index contributed by atoms with van der Waals surface area (Å²) < 4.78 is 0. The molecule has 4 fully saturated rings. The fourth-order valence-electron chi connectivity index (χ4n) is 8.71. The zero-order valence-corrected chi connectivity index (χ0v) is 18.9. The van der Waals surface area contributed by atoms with Gasteiger partial charge in [-0.1, -0.05) is 20.8 Å². The third kappa shape index (κ3) is 3.82. The summed E-state index contributed by atoms with van der Waals surface area (Å²) in [6.45, 7) is 6.99. The Balaban J connectivity index is 0.00000160. The van der Waals surface area contributed by atoms with Gasteiger partial charge in [0.2, 0.25) is 0 Å². The Morgan fingerprint density at radius 3 is 2.37 bits per heavy atom. The second kappa shape index (κ2) is 9.05. The van der Waals surface area contributed by atoms with Gasteiger partial charge in [0.05, 0.1) is 12.2 Å². The van der Waals surface area contributed by atoms with Crippen molar-refractivity contribution in [2.45, 2.75) is 97.2 Å². The molecule has 0 spiro atoms. The minimum absolute atomic E-state index is 0. The molecule has 0 bridgehead atoms. The van der Waals surface area contributed by atoms with E-state index in [2.05, 4.69) is 20.8 Å². The summed E-state index contributed by atoms with van der Waals surface area (Å²) in [7, 11) is 0. The van der Waals surface area contributed by atoms with E-state index in [9.17, 15) is 15.0 Å². The Morgan fingerprint density at radius 2 is 1.70 bits per heavy atom. The lowest BCUT2D eigenvalue weighted by Gasteiger charge is -2.62. The quantitative estimate of drug-likeness (QED) is 0.633. The molecule has 4 aliphatic carbocycles. The van der Waals surface area contributed by atoms with Crippen LogP contribution in [0.3, 0.4) is 0 Å². The van der Waals surface area contributed by atoms with E-state index >= 15 is 0 Å². The van der Waals surface area contributed by atoms with E-state index in [0.29, 0.717) is 35.5 Å². The van der Waals surface area contributed by atoms with Crippen LogP contribution in [0.25, 0.3) is 0 Å². The van der Waals surface area contributed by atoms with E-state index < -0.39 is 5.97 Å². The third-order valence-corrected chi connectivity index (χ3v) is 10.3. The van der Waals surface area contributed by atoms with Gasteiger partial charge in [-0.25, -0.2) is 0 Å². The largest absolute Gasteiger partial charge is 0.481 e. The predicted octanol–water partition coefficient (Wildman–Crippen LogP) is 2.83. The molecule has 0 aliphatic heterocycles. The first-order valence-corrected chi connectivity index (χ1v) is 11.8. The lowest BCUT2D eigenvalue weighted by atomic mass is 9.43. The van der Waals surface area contributed by atoms with Gasteiger partial charge in [0.15, 0.2) is 0 Å². The van der Waals surface area contributed by atoms with Gasteiger partial charge >= 0.3 is 5.97 Å². The van der Waals surface area contributed by atoms with E-state index in [-0.39, 0.29) is 40.4 Å². The van der Waals surface area contributed by atoms with Crippen LogP contribution in [0, 0.1) is 46.3 Å². The van der Waals surface area contributed by atoms with Crippen LogP contribution in [0.4, 0.5) is 0 Å². The average molecular weight is 429 g/mol. The number of hydrogen-bond acceptors (Lipinski definition) is 3. The number of aliphatic carboxylic acids is 1. The first-order valence-electron chi connectivity index (χ1n) is 11.8. The second-order valence-electron chi connectivity index (χ2n) is 11.3. The summed E-state index contributed by atoms with van der Waals surface area (Å²) in [4.78, 5) is 11.1. The molecule has 6 nitrogen and oxygen atoms in total. The Labute approximate surface area is 181 Å². The maximum absolute atomic E-state index is 11.5. The number of fused-ring (bicyclic) bond motifs is 5. The lowest BCUT2D eigenvalue weighted by molar-refractivity contribution is -0.175. The molecule has 4 aliphatic rings. The first kappa shape index (κ1) is 25.6. The maximum Gasteiger partial charge on any atom is 0.303 e. The van der Waals surface area contributed by atoms with Crippen LogP contribution >= 0.6 is 0 Å². The minimum Gasteiger partial charge on any atom is -0.481 e. The summed E-state index contributed by atoms with van der Waals surface area (Å²) >= 11 is 0. The highest BCUT2D eigenvalue weighted by Gasteiger charge is 2.63. The van der Waals surface area contributed by atoms with Gasteiger partial charge in [0, 0.05) is 6.42 Å². The van der Waals surface area contributed by atoms with E-state index in [1.54, 1.807) is 0 Å². The minimum atomic E-state index is -0.707. The molecule has 0 amide bonds. The Bertz CT molecular complexity index is 611. The molecule has 0 unspecified atom stereocenters.